The van der Waals surface area contributed by atoms with Crippen LogP contribution in [0.25, 0.3) is 0 Å². The minimum absolute atomic E-state index is 0.116. The van der Waals surface area contributed by atoms with Crippen molar-refractivity contribution in [2.45, 2.75) is 38.7 Å². The number of rotatable bonds is 9. The second kappa shape index (κ2) is 10.8. The van der Waals surface area contributed by atoms with Crippen molar-refractivity contribution in [1.82, 2.24) is 10.6 Å². The first-order chi connectivity index (χ1) is 11.1. The monoisotopic (exact) mass is 321 g/mol. The molecule has 0 spiro atoms. The Morgan fingerprint density at radius 1 is 1.43 bits per heavy atom. The molecule has 0 aromatic carbocycles. The highest BCUT2D eigenvalue weighted by atomic mass is 16.5. The summed E-state index contributed by atoms with van der Waals surface area (Å²) in [7, 11) is 3.30. The Labute approximate surface area is 138 Å². The fourth-order valence-electron chi connectivity index (χ4n) is 2.29. The van der Waals surface area contributed by atoms with Gasteiger partial charge in [-0.2, -0.15) is 5.26 Å². The van der Waals surface area contributed by atoms with Gasteiger partial charge in [0.05, 0.1) is 6.10 Å². The number of methoxy groups -OCH3 is 2. The lowest BCUT2D eigenvalue weighted by molar-refractivity contribution is -0.117. The Morgan fingerprint density at radius 3 is 2.87 bits per heavy atom. The first-order valence-electron chi connectivity index (χ1n) is 8.00. The first kappa shape index (κ1) is 19.2. The molecule has 0 aromatic rings. The average molecular weight is 321 g/mol. The lowest BCUT2D eigenvalue weighted by Gasteiger charge is -2.20. The van der Waals surface area contributed by atoms with E-state index in [1.165, 1.54) is 0 Å². The predicted octanol–water partition coefficient (Wildman–Crippen LogP) is 1.65. The van der Waals surface area contributed by atoms with E-state index in [-0.39, 0.29) is 17.6 Å². The molecular formula is C17H27N3O3. The fourth-order valence-corrected chi connectivity index (χ4v) is 2.29. The SMILES string of the molecule is COCCCNC(=O)C(C#N)=C1C=C(NCC(C)OC)CCC1. The van der Waals surface area contributed by atoms with Gasteiger partial charge in [0, 0.05) is 39.6 Å². The molecule has 6 heteroatoms. The van der Waals surface area contributed by atoms with Crippen molar-refractivity contribution < 1.29 is 14.3 Å². The summed E-state index contributed by atoms with van der Waals surface area (Å²) in [6.45, 7) is 3.79. The van der Waals surface area contributed by atoms with Gasteiger partial charge >= 0.3 is 0 Å². The van der Waals surface area contributed by atoms with Gasteiger partial charge in [-0.1, -0.05) is 0 Å². The Kier molecular flexibility index (Phi) is 9.03. The summed E-state index contributed by atoms with van der Waals surface area (Å²) >= 11 is 0. The van der Waals surface area contributed by atoms with Crippen LogP contribution in [0, 0.1) is 11.3 Å². The third-order valence-electron chi connectivity index (χ3n) is 3.73. The standard InChI is InChI=1S/C17H27N3O3/c1-13(23-3)12-20-15-7-4-6-14(10-15)16(11-18)17(21)19-8-5-9-22-2/h10,13,20H,4-9,12H2,1-3H3,(H,19,21). The van der Waals surface area contributed by atoms with Crippen LogP contribution in [0.15, 0.2) is 22.9 Å². The Morgan fingerprint density at radius 2 is 2.22 bits per heavy atom. The van der Waals surface area contributed by atoms with Gasteiger partial charge in [-0.25, -0.2) is 0 Å². The van der Waals surface area contributed by atoms with Gasteiger partial charge in [0.15, 0.2) is 0 Å². The maximum atomic E-state index is 12.2. The number of carbonyl (C=O) groups is 1. The topological polar surface area (TPSA) is 83.4 Å². The molecule has 1 amide bonds. The van der Waals surface area contributed by atoms with Crippen LogP contribution in [0.3, 0.4) is 0 Å². The summed E-state index contributed by atoms with van der Waals surface area (Å²) in [4.78, 5) is 12.2. The minimum atomic E-state index is -0.304. The molecule has 1 atom stereocenters. The number of nitrogens with one attached hydrogen (secondary N) is 2. The highest BCUT2D eigenvalue weighted by Crippen LogP contribution is 2.23. The number of nitrogens with zero attached hydrogens (tertiary/aromatic N) is 1. The number of hydrogen-bond donors (Lipinski definition) is 2. The molecule has 0 aliphatic heterocycles. The van der Waals surface area contributed by atoms with E-state index in [4.69, 9.17) is 9.47 Å². The number of amides is 1. The van der Waals surface area contributed by atoms with Crippen molar-refractivity contribution in [3.8, 4) is 6.07 Å². The Bertz CT molecular complexity index is 492. The van der Waals surface area contributed by atoms with Gasteiger partial charge in [0.1, 0.15) is 11.6 Å². The Hall–Kier alpha value is -1.84. The number of carbonyl (C=O) groups excluding carboxylic acids is 1. The number of nitriles is 1. The highest BCUT2D eigenvalue weighted by Gasteiger charge is 2.17. The van der Waals surface area contributed by atoms with Crippen molar-refractivity contribution in [2.24, 2.45) is 0 Å². The van der Waals surface area contributed by atoms with E-state index < -0.39 is 0 Å². The molecule has 1 aliphatic carbocycles. The van der Waals surface area contributed by atoms with Gasteiger partial charge in [0.25, 0.3) is 5.91 Å². The average Bonchev–Trinajstić information content (AvgIpc) is 2.57. The number of allylic oxidation sites excluding steroid dienone is 3. The largest absolute Gasteiger partial charge is 0.386 e. The normalized spacial score (nSPS) is 17.7. The lowest BCUT2D eigenvalue weighted by atomic mass is 9.95. The third-order valence-corrected chi connectivity index (χ3v) is 3.73. The molecule has 0 bridgehead atoms. The first-order valence-corrected chi connectivity index (χ1v) is 8.00. The van der Waals surface area contributed by atoms with Gasteiger partial charge in [-0.3, -0.25) is 4.79 Å². The quantitative estimate of drug-likeness (QED) is 0.383. The fraction of sp³-hybridized carbons (Fsp3) is 0.647. The van der Waals surface area contributed by atoms with E-state index in [0.29, 0.717) is 19.7 Å². The van der Waals surface area contributed by atoms with Crippen LogP contribution >= 0.6 is 0 Å². The molecule has 0 saturated heterocycles. The van der Waals surface area contributed by atoms with E-state index in [0.717, 1.165) is 37.0 Å². The molecule has 1 aliphatic rings. The third kappa shape index (κ3) is 6.85. The van der Waals surface area contributed by atoms with E-state index >= 15 is 0 Å². The highest BCUT2D eigenvalue weighted by molar-refractivity contribution is 5.98. The molecule has 0 aromatic heterocycles. The summed E-state index contributed by atoms with van der Waals surface area (Å²) in [5.74, 6) is -0.304. The van der Waals surface area contributed by atoms with Gasteiger partial charge in [0.2, 0.25) is 0 Å². The minimum Gasteiger partial charge on any atom is -0.386 e. The molecule has 6 nitrogen and oxygen atoms in total. The zero-order valence-corrected chi connectivity index (χ0v) is 14.3. The molecule has 0 saturated carbocycles. The zero-order valence-electron chi connectivity index (χ0n) is 14.3. The van der Waals surface area contributed by atoms with Crippen molar-refractivity contribution in [1.29, 1.82) is 5.26 Å². The van der Waals surface area contributed by atoms with E-state index in [1.807, 2.05) is 19.1 Å². The Balaban J connectivity index is 2.71. The number of ether oxygens (including phenoxy) is 2. The summed E-state index contributed by atoms with van der Waals surface area (Å²) in [5.41, 5.74) is 2.06. The second-order valence-corrected chi connectivity index (χ2v) is 5.56. The summed E-state index contributed by atoms with van der Waals surface area (Å²) < 4.78 is 10.2. The molecular weight excluding hydrogens is 294 g/mol. The lowest BCUT2D eigenvalue weighted by Crippen LogP contribution is -2.28. The molecule has 0 fully saturated rings. The molecule has 1 unspecified atom stereocenters. The van der Waals surface area contributed by atoms with Gasteiger partial charge in [-0.05, 0) is 44.3 Å². The van der Waals surface area contributed by atoms with Crippen LogP contribution in [0.2, 0.25) is 0 Å². The molecule has 0 radical (unpaired) electrons. The van der Waals surface area contributed by atoms with Crippen molar-refractivity contribution in [3.05, 3.63) is 22.9 Å². The maximum Gasteiger partial charge on any atom is 0.262 e. The predicted molar refractivity (Wildman–Crippen MR) is 88.5 cm³/mol. The van der Waals surface area contributed by atoms with Crippen LogP contribution in [0.5, 0.6) is 0 Å². The summed E-state index contributed by atoms with van der Waals surface area (Å²) in [6, 6.07) is 2.05. The molecule has 1 rings (SSSR count). The van der Waals surface area contributed by atoms with Gasteiger partial charge < -0.3 is 20.1 Å². The van der Waals surface area contributed by atoms with Crippen LogP contribution < -0.4 is 10.6 Å². The van der Waals surface area contributed by atoms with Gasteiger partial charge in [-0.15, -0.1) is 0 Å². The molecule has 128 valence electrons. The van der Waals surface area contributed by atoms with Crippen LogP contribution in [-0.2, 0) is 14.3 Å². The van der Waals surface area contributed by atoms with E-state index in [1.54, 1.807) is 14.2 Å². The van der Waals surface area contributed by atoms with Crippen LogP contribution in [0.1, 0.15) is 32.6 Å². The van der Waals surface area contributed by atoms with Crippen molar-refractivity contribution in [3.63, 3.8) is 0 Å². The van der Waals surface area contributed by atoms with Crippen molar-refractivity contribution in [2.75, 3.05) is 33.9 Å². The smallest absolute Gasteiger partial charge is 0.262 e. The summed E-state index contributed by atoms with van der Waals surface area (Å²) in [6.07, 6.45) is 5.38. The zero-order chi connectivity index (χ0) is 17.1. The summed E-state index contributed by atoms with van der Waals surface area (Å²) in [5, 5.41) is 15.4. The maximum absolute atomic E-state index is 12.2. The second-order valence-electron chi connectivity index (χ2n) is 5.56. The molecule has 23 heavy (non-hydrogen) atoms. The van der Waals surface area contributed by atoms with Crippen LogP contribution in [0.4, 0.5) is 0 Å². The molecule has 0 heterocycles. The van der Waals surface area contributed by atoms with E-state index in [2.05, 4.69) is 10.6 Å². The van der Waals surface area contributed by atoms with Crippen LogP contribution in [-0.4, -0.2) is 45.9 Å². The van der Waals surface area contributed by atoms with Crippen molar-refractivity contribution >= 4 is 5.91 Å². The molecule has 2 N–H and O–H groups in total. The van der Waals surface area contributed by atoms with E-state index in [9.17, 15) is 10.1 Å². The number of hydrogen-bond acceptors (Lipinski definition) is 5.